The van der Waals surface area contributed by atoms with E-state index in [9.17, 15) is 4.79 Å². The number of ether oxygens (including phenoxy) is 1. The standard InChI is InChI=1S/C18H16ClN5O2/c1-12-17(21-18(25)24-22-12)23-20-10-14-3-2-4-16(9-14)26-11-13-5-7-15(19)8-6-13/h2-10H,11H2,1H3,(H2,21,23,24,25). The van der Waals surface area contributed by atoms with E-state index in [1.165, 1.54) is 0 Å². The van der Waals surface area contributed by atoms with Gasteiger partial charge < -0.3 is 4.74 Å². The molecule has 0 spiro atoms. The van der Waals surface area contributed by atoms with Crippen molar-refractivity contribution in [2.24, 2.45) is 5.10 Å². The molecular weight excluding hydrogens is 354 g/mol. The summed E-state index contributed by atoms with van der Waals surface area (Å²) in [5.41, 5.74) is 4.58. The summed E-state index contributed by atoms with van der Waals surface area (Å²) in [6.07, 6.45) is 1.61. The molecule has 0 bridgehead atoms. The highest BCUT2D eigenvalue weighted by molar-refractivity contribution is 6.30. The fourth-order valence-corrected chi connectivity index (χ4v) is 2.22. The van der Waals surface area contributed by atoms with E-state index >= 15 is 0 Å². The van der Waals surface area contributed by atoms with Crippen molar-refractivity contribution in [2.45, 2.75) is 13.5 Å². The average molecular weight is 370 g/mol. The molecular formula is C18H16ClN5O2. The van der Waals surface area contributed by atoms with Crippen LogP contribution in [0.25, 0.3) is 0 Å². The summed E-state index contributed by atoms with van der Waals surface area (Å²) in [5.74, 6) is 1.02. The Hall–Kier alpha value is -3.19. The molecule has 0 saturated heterocycles. The second-order valence-electron chi connectivity index (χ2n) is 5.43. The molecule has 1 aromatic heterocycles. The van der Waals surface area contributed by atoms with Crippen LogP contribution in [0, 0.1) is 6.92 Å². The second kappa shape index (κ2) is 8.26. The van der Waals surface area contributed by atoms with Gasteiger partial charge in [0.1, 0.15) is 18.1 Å². The van der Waals surface area contributed by atoms with E-state index in [1.807, 2.05) is 48.5 Å². The minimum atomic E-state index is -0.536. The first kappa shape index (κ1) is 17.6. The van der Waals surface area contributed by atoms with Gasteiger partial charge in [0.25, 0.3) is 0 Å². The molecule has 2 aromatic carbocycles. The van der Waals surface area contributed by atoms with Crippen molar-refractivity contribution in [3.63, 3.8) is 0 Å². The molecule has 2 N–H and O–H groups in total. The first-order valence-electron chi connectivity index (χ1n) is 7.80. The molecule has 132 valence electrons. The van der Waals surface area contributed by atoms with E-state index < -0.39 is 5.69 Å². The largest absolute Gasteiger partial charge is 0.489 e. The number of nitrogens with zero attached hydrogens (tertiary/aromatic N) is 3. The Labute approximate surface area is 154 Å². The van der Waals surface area contributed by atoms with Crippen molar-refractivity contribution in [3.8, 4) is 5.75 Å². The maximum Gasteiger partial charge on any atom is 0.363 e. The summed E-state index contributed by atoms with van der Waals surface area (Å²) in [6.45, 7) is 2.16. The first-order valence-corrected chi connectivity index (χ1v) is 8.18. The lowest BCUT2D eigenvalue weighted by atomic mass is 10.2. The van der Waals surface area contributed by atoms with Gasteiger partial charge in [0, 0.05) is 5.02 Å². The van der Waals surface area contributed by atoms with Crippen LogP contribution in [-0.4, -0.2) is 21.4 Å². The quantitative estimate of drug-likeness (QED) is 0.514. The Morgan fingerprint density at radius 1 is 1.27 bits per heavy atom. The maximum atomic E-state index is 11.2. The van der Waals surface area contributed by atoms with Crippen molar-refractivity contribution in [3.05, 3.63) is 80.9 Å². The highest BCUT2D eigenvalue weighted by Crippen LogP contribution is 2.16. The number of rotatable bonds is 6. The summed E-state index contributed by atoms with van der Waals surface area (Å²) >= 11 is 5.87. The molecule has 3 rings (SSSR count). The molecule has 0 aliphatic rings. The number of halogens is 1. The van der Waals surface area contributed by atoms with Gasteiger partial charge in [-0.2, -0.15) is 15.2 Å². The van der Waals surface area contributed by atoms with Crippen molar-refractivity contribution in [1.29, 1.82) is 0 Å². The molecule has 0 radical (unpaired) electrons. The topological polar surface area (TPSA) is 92.3 Å². The van der Waals surface area contributed by atoms with Crippen molar-refractivity contribution in [2.75, 3.05) is 5.43 Å². The first-order chi connectivity index (χ1) is 12.6. The second-order valence-corrected chi connectivity index (χ2v) is 5.87. The highest BCUT2D eigenvalue weighted by atomic mass is 35.5. The van der Waals surface area contributed by atoms with E-state index in [0.717, 1.165) is 16.9 Å². The highest BCUT2D eigenvalue weighted by Gasteiger charge is 2.01. The van der Waals surface area contributed by atoms with Crippen LogP contribution in [0.5, 0.6) is 5.75 Å². The van der Waals surface area contributed by atoms with Crippen LogP contribution in [0.2, 0.25) is 5.02 Å². The molecule has 0 fully saturated rings. The Morgan fingerprint density at radius 3 is 2.88 bits per heavy atom. The van der Waals surface area contributed by atoms with Crippen LogP contribution in [0.1, 0.15) is 16.8 Å². The number of H-pyrrole nitrogens is 1. The zero-order valence-electron chi connectivity index (χ0n) is 13.9. The van der Waals surface area contributed by atoms with E-state index in [0.29, 0.717) is 23.1 Å². The lowest BCUT2D eigenvalue weighted by molar-refractivity contribution is 0.306. The van der Waals surface area contributed by atoms with Gasteiger partial charge in [-0.3, -0.25) is 5.43 Å². The van der Waals surface area contributed by atoms with Gasteiger partial charge in [0.15, 0.2) is 5.82 Å². The Bertz CT molecular complexity index is 970. The minimum absolute atomic E-state index is 0.306. The third kappa shape index (κ3) is 4.90. The lowest BCUT2D eigenvalue weighted by Gasteiger charge is -2.07. The van der Waals surface area contributed by atoms with Crippen molar-refractivity contribution < 1.29 is 4.74 Å². The van der Waals surface area contributed by atoms with Gasteiger partial charge in [0.2, 0.25) is 0 Å². The fourth-order valence-electron chi connectivity index (χ4n) is 2.10. The molecule has 1 heterocycles. The molecule has 26 heavy (non-hydrogen) atoms. The molecule has 7 nitrogen and oxygen atoms in total. The van der Waals surface area contributed by atoms with Gasteiger partial charge in [-0.25, -0.2) is 9.89 Å². The van der Waals surface area contributed by atoms with Crippen LogP contribution in [-0.2, 0) is 6.61 Å². The van der Waals surface area contributed by atoms with Crippen LogP contribution in [0.15, 0.2) is 58.4 Å². The summed E-state index contributed by atoms with van der Waals surface area (Å²) in [4.78, 5) is 14.9. The third-order valence-electron chi connectivity index (χ3n) is 3.44. The van der Waals surface area contributed by atoms with Gasteiger partial charge in [-0.15, -0.1) is 0 Å². The molecule has 0 atom stereocenters. The molecule has 8 heteroatoms. The number of hydrazone groups is 1. The smallest absolute Gasteiger partial charge is 0.363 e. The van der Waals surface area contributed by atoms with Gasteiger partial charge in [-0.05, 0) is 42.3 Å². The van der Waals surface area contributed by atoms with E-state index in [4.69, 9.17) is 16.3 Å². The summed E-state index contributed by atoms with van der Waals surface area (Å²) in [7, 11) is 0. The van der Waals surface area contributed by atoms with Gasteiger partial charge in [-0.1, -0.05) is 35.9 Å². The molecule has 0 aliphatic heterocycles. The Kier molecular flexibility index (Phi) is 5.60. The Morgan fingerprint density at radius 2 is 2.08 bits per heavy atom. The predicted molar refractivity (Wildman–Crippen MR) is 101 cm³/mol. The van der Waals surface area contributed by atoms with E-state index in [-0.39, 0.29) is 0 Å². The summed E-state index contributed by atoms with van der Waals surface area (Å²) in [5, 5.41) is 10.8. The Balaban J connectivity index is 1.62. The van der Waals surface area contributed by atoms with Crippen LogP contribution in [0.3, 0.4) is 0 Å². The van der Waals surface area contributed by atoms with Gasteiger partial charge >= 0.3 is 5.69 Å². The monoisotopic (exact) mass is 369 g/mol. The number of nitrogens with one attached hydrogen (secondary N) is 2. The number of hydrogen-bond acceptors (Lipinski definition) is 6. The summed E-state index contributed by atoms with van der Waals surface area (Å²) in [6, 6.07) is 15.0. The van der Waals surface area contributed by atoms with Crippen molar-refractivity contribution in [1.82, 2.24) is 15.2 Å². The number of benzene rings is 2. The zero-order valence-corrected chi connectivity index (χ0v) is 14.7. The lowest BCUT2D eigenvalue weighted by Crippen LogP contribution is -2.15. The van der Waals surface area contributed by atoms with E-state index in [2.05, 4.69) is 25.7 Å². The van der Waals surface area contributed by atoms with Crippen LogP contribution >= 0.6 is 11.6 Å². The molecule has 0 saturated carbocycles. The van der Waals surface area contributed by atoms with Gasteiger partial charge in [0.05, 0.1) is 6.21 Å². The number of hydrogen-bond donors (Lipinski definition) is 2. The normalized spacial score (nSPS) is 10.8. The minimum Gasteiger partial charge on any atom is -0.489 e. The zero-order chi connectivity index (χ0) is 18.4. The maximum absolute atomic E-state index is 11.2. The number of aromatic nitrogens is 3. The van der Waals surface area contributed by atoms with Crippen molar-refractivity contribution >= 4 is 23.6 Å². The summed E-state index contributed by atoms with van der Waals surface area (Å²) < 4.78 is 5.78. The molecule has 0 unspecified atom stereocenters. The number of aromatic amines is 1. The van der Waals surface area contributed by atoms with Crippen LogP contribution < -0.4 is 15.9 Å². The average Bonchev–Trinajstić information content (AvgIpc) is 2.64. The number of aryl methyl sites for hydroxylation is 1. The molecule has 0 amide bonds. The molecule has 3 aromatic rings. The van der Waals surface area contributed by atoms with Crippen LogP contribution in [0.4, 0.5) is 5.82 Å². The fraction of sp³-hybridized carbons (Fsp3) is 0.111. The third-order valence-corrected chi connectivity index (χ3v) is 3.69. The van der Waals surface area contributed by atoms with E-state index in [1.54, 1.807) is 13.1 Å². The number of anilines is 1. The predicted octanol–water partition coefficient (Wildman–Crippen LogP) is 3.15. The molecule has 0 aliphatic carbocycles. The SMILES string of the molecule is Cc1n[nH]c(=O)nc1NN=Cc1cccc(OCc2ccc(Cl)cc2)c1.